The summed E-state index contributed by atoms with van der Waals surface area (Å²) in [5.74, 6) is -6.85. The van der Waals surface area contributed by atoms with Gasteiger partial charge in [-0.05, 0) is 54.7 Å². The van der Waals surface area contributed by atoms with Gasteiger partial charge in [-0.2, -0.15) is 0 Å². The van der Waals surface area contributed by atoms with Crippen LogP contribution in [-0.4, -0.2) is 133 Å². The van der Waals surface area contributed by atoms with Gasteiger partial charge in [-0.1, -0.05) is 12.1 Å². The highest BCUT2D eigenvalue weighted by Gasteiger charge is 2.40. The van der Waals surface area contributed by atoms with Crippen LogP contribution in [0.2, 0.25) is 0 Å². The maximum Gasteiger partial charge on any atom is 0.369 e. The Morgan fingerprint density at radius 1 is 0.772 bits per heavy atom. The average molecular weight is 809 g/mol. The lowest BCUT2D eigenvalue weighted by Gasteiger charge is -2.25. The van der Waals surface area contributed by atoms with Crippen molar-refractivity contribution in [3.8, 4) is 0 Å². The number of carbonyl (C=O) groups is 8. The van der Waals surface area contributed by atoms with E-state index >= 15 is 0 Å². The van der Waals surface area contributed by atoms with E-state index in [0.29, 0.717) is 31.6 Å². The van der Waals surface area contributed by atoms with Crippen LogP contribution in [0.1, 0.15) is 38.7 Å². The fraction of sp³-hybridized carbons (Fsp3) is 0.342. The van der Waals surface area contributed by atoms with E-state index in [-0.39, 0.29) is 71.5 Å². The van der Waals surface area contributed by atoms with Crippen LogP contribution in [0.3, 0.4) is 0 Å². The molecule has 2 aliphatic carbocycles. The highest BCUT2D eigenvalue weighted by Crippen LogP contribution is 2.37. The molecule has 1 heterocycles. The van der Waals surface area contributed by atoms with Crippen LogP contribution in [0.15, 0.2) is 77.6 Å². The molecule has 0 aromatic heterocycles. The summed E-state index contributed by atoms with van der Waals surface area (Å²) in [6.45, 7) is 1.92. The number of unbranched alkanes of at least 4 members (excludes halogenated alkanes) is 1. The number of anilines is 1. The smallest absolute Gasteiger partial charge is 0.369 e. The maximum absolute atomic E-state index is 13.7. The number of nitrogens with one attached hydrogen (secondary N) is 2. The maximum atomic E-state index is 13.7. The van der Waals surface area contributed by atoms with Crippen LogP contribution in [0.25, 0.3) is 5.57 Å². The molecule has 0 saturated heterocycles. The number of sulfonamides is 1. The van der Waals surface area contributed by atoms with E-state index in [2.05, 4.69) is 5.32 Å². The number of hydrogen-bond donors (Lipinski definition) is 4. The Morgan fingerprint density at radius 2 is 1.35 bits per heavy atom. The topological polar surface area (TPSA) is 254 Å². The molecule has 0 bridgehead atoms. The lowest BCUT2D eigenvalue weighted by molar-refractivity contribution is -0.507. The van der Waals surface area contributed by atoms with E-state index in [1.54, 1.807) is 24.3 Å². The molecule has 4 N–H and O–H groups in total. The quantitative estimate of drug-likeness (QED) is 0.0449. The van der Waals surface area contributed by atoms with Crippen molar-refractivity contribution in [1.82, 2.24) is 14.9 Å². The molecule has 57 heavy (non-hydrogen) atoms. The molecule has 1 aromatic rings. The molecule has 1 aromatic carbocycles. The Balaban J connectivity index is 1.70. The molecule has 4 rings (SSSR count). The molecule has 18 nitrogen and oxygen atoms in total. The van der Waals surface area contributed by atoms with Gasteiger partial charge in [0.1, 0.15) is 12.4 Å². The van der Waals surface area contributed by atoms with Crippen molar-refractivity contribution in [3.05, 3.63) is 83.2 Å². The zero-order valence-corrected chi connectivity index (χ0v) is 32.0. The number of benzene rings is 1. The van der Waals surface area contributed by atoms with Gasteiger partial charge in [0.05, 0.1) is 23.4 Å². The molecule has 4 amide bonds. The van der Waals surface area contributed by atoms with Crippen molar-refractivity contribution in [2.24, 2.45) is 0 Å². The molecule has 0 saturated carbocycles. The minimum absolute atomic E-state index is 0.107. The van der Waals surface area contributed by atoms with E-state index in [1.165, 1.54) is 31.2 Å². The minimum Gasteiger partial charge on any atom is -0.490 e. The SMILES string of the molecule is CC(=O)NCCCCN(CCCS(=O)(=O)NC(C)=O)c1ccc(C2=C(OCCN3C(=O)C=CC3=O)C(=C3C=CC(=[N+](CC(=O)O)CC(=O)O)C=C3)C(=O)C2=O)cc1. The summed E-state index contributed by atoms with van der Waals surface area (Å²) in [7, 11) is -3.86. The molecule has 0 unspecified atom stereocenters. The normalized spacial score (nSPS) is 15.2. The van der Waals surface area contributed by atoms with E-state index in [0.717, 1.165) is 28.6 Å². The number of amides is 4. The second-order valence-corrected chi connectivity index (χ2v) is 14.8. The fourth-order valence-corrected chi connectivity index (χ4v) is 7.19. The molecule has 0 radical (unpaired) electrons. The van der Waals surface area contributed by atoms with Crippen molar-refractivity contribution in [3.63, 3.8) is 0 Å². The van der Waals surface area contributed by atoms with E-state index in [1.807, 2.05) is 9.62 Å². The number of hydrogen-bond acceptors (Lipinski definition) is 12. The average Bonchev–Trinajstić information content (AvgIpc) is 3.58. The molecular formula is C38H42N5O13S+. The summed E-state index contributed by atoms with van der Waals surface area (Å²) in [6.07, 6.45) is 9.23. The zero-order valence-electron chi connectivity index (χ0n) is 31.2. The minimum atomic E-state index is -3.86. The van der Waals surface area contributed by atoms with Gasteiger partial charge in [-0.3, -0.25) is 38.4 Å². The van der Waals surface area contributed by atoms with Crippen LogP contribution >= 0.6 is 0 Å². The van der Waals surface area contributed by atoms with E-state index in [9.17, 15) is 57.0 Å². The Bertz CT molecular complexity index is 2110. The molecule has 3 aliphatic rings. The van der Waals surface area contributed by atoms with Gasteiger partial charge in [-0.25, -0.2) is 22.6 Å². The number of ketones is 2. The third-order valence-corrected chi connectivity index (χ3v) is 10.1. The highest BCUT2D eigenvalue weighted by molar-refractivity contribution is 7.90. The van der Waals surface area contributed by atoms with Crippen molar-refractivity contribution in [1.29, 1.82) is 0 Å². The largest absolute Gasteiger partial charge is 0.490 e. The molecule has 19 heteroatoms. The zero-order chi connectivity index (χ0) is 41.9. The second kappa shape index (κ2) is 19.4. The van der Waals surface area contributed by atoms with Crippen molar-refractivity contribution in [2.45, 2.75) is 33.1 Å². The summed E-state index contributed by atoms with van der Waals surface area (Å²) in [4.78, 5) is 100.0. The number of carboxylic acid groups (broad SMARTS) is 2. The lowest BCUT2D eigenvalue weighted by Crippen LogP contribution is -2.33. The summed E-state index contributed by atoms with van der Waals surface area (Å²) in [5, 5.41) is 21.3. The molecule has 0 atom stereocenters. The van der Waals surface area contributed by atoms with Gasteiger partial charge in [0.25, 0.3) is 11.8 Å². The first-order valence-corrected chi connectivity index (χ1v) is 19.4. The predicted molar refractivity (Wildman–Crippen MR) is 203 cm³/mol. The van der Waals surface area contributed by atoms with Gasteiger partial charge < -0.3 is 25.2 Å². The van der Waals surface area contributed by atoms with Gasteiger partial charge in [0, 0.05) is 63.5 Å². The first-order chi connectivity index (χ1) is 27.0. The van der Waals surface area contributed by atoms with Crippen LogP contribution in [0.5, 0.6) is 0 Å². The molecule has 0 spiro atoms. The highest BCUT2D eigenvalue weighted by atomic mass is 32.2. The number of aliphatic carboxylic acids is 2. The third-order valence-electron chi connectivity index (χ3n) is 8.64. The van der Waals surface area contributed by atoms with Crippen LogP contribution in [0, 0.1) is 0 Å². The number of ether oxygens (including phenoxy) is 1. The molecule has 1 aliphatic heterocycles. The fourth-order valence-electron chi connectivity index (χ4n) is 6.14. The van der Waals surface area contributed by atoms with E-state index < -0.39 is 64.3 Å². The van der Waals surface area contributed by atoms with Gasteiger partial charge in [0.2, 0.25) is 52.2 Å². The number of allylic oxidation sites excluding steroid dienone is 7. The first-order valence-electron chi connectivity index (χ1n) is 17.7. The standard InChI is InChI=1S/C38H41N5O13S/c1-24(44)39-16-3-4-17-41(18-5-21-57(54,55)40-25(2)45)28-10-6-26(7-11-28)34-36(52)37(53)35(38(34)56-20-19-43-30(46)14-15-31(43)47)27-8-12-29(13-9-27)42(22-32(48)49)23-33(50)51/h6-15H,3-5,16-23H2,1-2H3,(H3-,39,40,44,45,48,49,50,51)/p+1. The summed E-state index contributed by atoms with van der Waals surface area (Å²) in [6, 6.07) is 6.51. The second-order valence-electron chi connectivity index (χ2n) is 13.0. The summed E-state index contributed by atoms with van der Waals surface area (Å²) >= 11 is 0. The first kappa shape index (κ1) is 43.2. The van der Waals surface area contributed by atoms with Gasteiger partial charge in [-0.15, -0.1) is 0 Å². The number of imide groups is 1. The van der Waals surface area contributed by atoms with Gasteiger partial charge >= 0.3 is 11.9 Å². The lowest BCUT2D eigenvalue weighted by atomic mass is 10.00. The Hall–Kier alpha value is -6.50. The monoisotopic (exact) mass is 808 g/mol. The van der Waals surface area contributed by atoms with Crippen molar-refractivity contribution < 1.29 is 66.3 Å². The summed E-state index contributed by atoms with van der Waals surface area (Å²) in [5.41, 5.74) is 1.08. The molecular weight excluding hydrogens is 767 g/mol. The Labute approximate surface area is 327 Å². The number of carbonyl (C=O) groups excluding carboxylic acids is 6. The van der Waals surface area contributed by atoms with E-state index in [4.69, 9.17) is 4.74 Å². The number of nitrogens with zero attached hydrogens (tertiary/aromatic N) is 3. The van der Waals surface area contributed by atoms with Crippen molar-refractivity contribution in [2.75, 3.05) is 56.5 Å². The molecule has 302 valence electrons. The van der Waals surface area contributed by atoms with Gasteiger partial charge in [0.15, 0.2) is 0 Å². The molecule has 0 fully saturated rings. The third kappa shape index (κ3) is 12.0. The Kier molecular flexibility index (Phi) is 14.7. The van der Waals surface area contributed by atoms with Crippen LogP contribution < -0.4 is 14.9 Å². The predicted octanol–water partition coefficient (Wildman–Crippen LogP) is 0.115. The summed E-state index contributed by atoms with van der Waals surface area (Å²) < 4.78 is 33.6. The van der Waals surface area contributed by atoms with Crippen LogP contribution in [0.4, 0.5) is 5.69 Å². The Morgan fingerprint density at radius 3 is 1.91 bits per heavy atom. The number of Topliss-reactive ketones (excluding diaryl/α,β-unsaturated/α-hetero) is 2. The number of rotatable bonds is 20. The number of carboxylic acids is 2. The van der Waals surface area contributed by atoms with Crippen molar-refractivity contribution >= 4 is 74.1 Å². The van der Waals surface area contributed by atoms with Crippen LogP contribution in [-0.2, 0) is 53.1 Å².